The van der Waals surface area contributed by atoms with E-state index in [2.05, 4.69) is 50.3 Å². The summed E-state index contributed by atoms with van der Waals surface area (Å²) in [4.78, 5) is 34.7. The molecule has 388 valence electrons. The number of phosphoric ester groups is 1. The molecule has 2 unspecified atom stereocenters. The molecule has 0 fully saturated rings. The zero-order chi connectivity index (χ0) is 48.1. The molecule has 0 saturated heterocycles. The molecule has 66 heavy (non-hydrogen) atoms. The molecule has 10 heteroatoms. The number of allylic oxidation sites excluding steroid dienone is 6. The summed E-state index contributed by atoms with van der Waals surface area (Å²) in [5, 5.41) is 0. The molecular formula is C56H106NO8P. The zero-order valence-electron chi connectivity index (χ0n) is 43.2. The van der Waals surface area contributed by atoms with Crippen molar-refractivity contribution in [1.82, 2.24) is 0 Å². The summed E-state index contributed by atoms with van der Waals surface area (Å²) in [6, 6.07) is 0. The lowest BCUT2D eigenvalue weighted by molar-refractivity contribution is -0.161. The van der Waals surface area contributed by atoms with Crippen molar-refractivity contribution in [3.05, 3.63) is 36.5 Å². The van der Waals surface area contributed by atoms with Crippen molar-refractivity contribution >= 4 is 19.8 Å². The highest BCUT2D eigenvalue weighted by Gasteiger charge is 2.26. The molecule has 0 aromatic carbocycles. The van der Waals surface area contributed by atoms with Gasteiger partial charge in [0.05, 0.1) is 13.2 Å². The van der Waals surface area contributed by atoms with E-state index < -0.39 is 26.5 Å². The Hall–Kier alpha value is -1.77. The minimum absolute atomic E-state index is 0.0558. The number of unbranched alkanes of at least 4 members (excludes halogenated alkanes) is 34. The Morgan fingerprint density at radius 3 is 1.17 bits per heavy atom. The SMILES string of the molecule is CCCCCCC/C=C\C/C=C\C/C=C\CCCCCCCCCCCCCCCCCCCCCCCCCCC(=O)OC(COC(=O)CCCCCCCC)COP(=O)(O)OCCN. The van der Waals surface area contributed by atoms with Gasteiger partial charge in [-0.1, -0.05) is 249 Å². The molecule has 0 aromatic rings. The summed E-state index contributed by atoms with van der Waals surface area (Å²) < 4.78 is 32.7. The molecule has 0 aliphatic rings. The molecule has 0 saturated carbocycles. The van der Waals surface area contributed by atoms with Gasteiger partial charge in [0.1, 0.15) is 6.61 Å². The number of esters is 2. The number of hydrogen-bond donors (Lipinski definition) is 2. The van der Waals surface area contributed by atoms with Gasteiger partial charge in [0.25, 0.3) is 0 Å². The Kier molecular flexibility index (Phi) is 51.2. The number of carbonyl (C=O) groups excluding carboxylic acids is 2. The van der Waals surface area contributed by atoms with Gasteiger partial charge in [0, 0.05) is 19.4 Å². The molecule has 0 aliphatic carbocycles. The van der Waals surface area contributed by atoms with Gasteiger partial charge in [-0.15, -0.1) is 0 Å². The lowest BCUT2D eigenvalue weighted by Gasteiger charge is -2.19. The first-order valence-corrected chi connectivity index (χ1v) is 29.5. The van der Waals surface area contributed by atoms with Gasteiger partial charge < -0.3 is 20.1 Å². The van der Waals surface area contributed by atoms with E-state index in [9.17, 15) is 19.0 Å². The van der Waals surface area contributed by atoms with Crippen LogP contribution in [-0.4, -0.2) is 49.3 Å². The van der Waals surface area contributed by atoms with Gasteiger partial charge >= 0.3 is 19.8 Å². The highest BCUT2D eigenvalue weighted by molar-refractivity contribution is 7.47. The van der Waals surface area contributed by atoms with Crippen LogP contribution in [0.2, 0.25) is 0 Å². The lowest BCUT2D eigenvalue weighted by atomic mass is 10.0. The highest BCUT2D eigenvalue weighted by atomic mass is 31.2. The Balaban J connectivity index is 3.64. The van der Waals surface area contributed by atoms with E-state index in [1.54, 1.807) is 0 Å². The monoisotopic (exact) mass is 952 g/mol. The van der Waals surface area contributed by atoms with Crippen molar-refractivity contribution in [2.45, 2.75) is 283 Å². The van der Waals surface area contributed by atoms with E-state index in [4.69, 9.17) is 24.3 Å². The van der Waals surface area contributed by atoms with Crippen LogP contribution in [0.15, 0.2) is 36.5 Å². The number of hydrogen-bond acceptors (Lipinski definition) is 8. The van der Waals surface area contributed by atoms with Gasteiger partial charge in [-0.3, -0.25) is 18.6 Å². The second-order valence-corrected chi connectivity index (χ2v) is 20.3. The van der Waals surface area contributed by atoms with E-state index in [0.29, 0.717) is 6.42 Å². The predicted octanol–water partition coefficient (Wildman–Crippen LogP) is 17.2. The Morgan fingerprint density at radius 1 is 0.455 bits per heavy atom. The van der Waals surface area contributed by atoms with Crippen LogP contribution in [0.4, 0.5) is 0 Å². The standard InChI is InChI=1S/C56H106NO8P/c1-3-5-7-9-11-12-13-14-15-16-17-18-19-20-21-22-23-24-25-26-27-28-29-30-31-32-33-34-35-36-37-38-39-40-41-42-43-45-47-49-56(59)65-54(53-64-66(60,61)63-51-50-57)52-62-55(58)48-46-44-10-8-6-4-2/h13-14,16-17,19-20,54H,3-12,15,18,21-53,57H2,1-2H3,(H,60,61)/b14-13-,17-16-,20-19-. The summed E-state index contributed by atoms with van der Waals surface area (Å²) in [7, 11) is -4.37. The van der Waals surface area contributed by atoms with Crippen LogP contribution >= 0.6 is 7.82 Å². The summed E-state index contributed by atoms with van der Waals surface area (Å²) in [6.45, 7) is 3.68. The summed E-state index contributed by atoms with van der Waals surface area (Å²) in [6.07, 6.45) is 62.8. The molecular weight excluding hydrogens is 846 g/mol. The van der Waals surface area contributed by atoms with Gasteiger partial charge in [-0.05, 0) is 51.4 Å². The highest BCUT2D eigenvalue weighted by Crippen LogP contribution is 2.43. The molecule has 2 atom stereocenters. The van der Waals surface area contributed by atoms with Crippen LogP contribution in [0.25, 0.3) is 0 Å². The van der Waals surface area contributed by atoms with Crippen molar-refractivity contribution in [2.75, 3.05) is 26.4 Å². The first-order valence-electron chi connectivity index (χ1n) is 28.0. The minimum atomic E-state index is -4.37. The maximum absolute atomic E-state index is 12.6. The molecule has 0 aliphatic heterocycles. The molecule has 9 nitrogen and oxygen atoms in total. The maximum Gasteiger partial charge on any atom is 0.472 e. The summed E-state index contributed by atoms with van der Waals surface area (Å²) >= 11 is 0. The third-order valence-electron chi connectivity index (χ3n) is 12.3. The quantitative estimate of drug-likeness (QED) is 0.0264. The van der Waals surface area contributed by atoms with Gasteiger partial charge in [-0.25, -0.2) is 4.57 Å². The summed E-state index contributed by atoms with van der Waals surface area (Å²) in [5.41, 5.74) is 5.34. The van der Waals surface area contributed by atoms with Crippen LogP contribution in [0, 0.1) is 0 Å². The normalized spacial score (nSPS) is 13.3. The third-order valence-corrected chi connectivity index (χ3v) is 13.3. The van der Waals surface area contributed by atoms with Crippen molar-refractivity contribution in [2.24, 2.45) is 5.73 Å². The fourth-order valence-electron chi connectivity index (χ4n) is 8.12. The molecule has 0 spiro atoms. The molecule has 0 bridgehead atoms. The fourth-order valence-corrected chi connectivity index (χ4v) is 8.88. The van der Waals surface area contributed by atoms with Crippen molar-refractivity contribution in [1.29, 1.82) is 0 Å². The van der Waals surface area contributed by atoms with Gasteiger partial charge in [0.2, 0.25) is 0 Å². The van der Waals surface area contributed by atoms with E-state index in [-0.39, 0.29) is 38.6 Å². The molecule has 0 amide bonds. The third kappa shape index (κ3) is 51.6. The molecule has 3 N–H and O–H groups in total. The fraction of sp³-hybridized carbons (Fsp3) is 0.857. The van der Waals surface area contributed by atoms with E-state index >= 15 is 0 Å². The topological polar surface area (TPSA) is 134 Å². The summed E-state index contributed by atoms with van der Waals surface area (Å²) in [5.74, 6) is -0.827. The van der Waals surface area contributed by atoms with Crippen LogP contribution < -0.4 is 5.73 Å². The van der Waals surface area contributed by atoms with Crippen LogP contribution in [0.1, 0.15) is 277 Å². The van der Waals surface area contributed by atoms with Crippen molar-refractivity contribution in [3.63, 3.8) is 0 Å². The first-order chi connectivity index (χ1) is 32.3. The molecule has 0 rings (SSSR count). The average molecular weight is 952 g/mol. The van der Waals surface area contributed by atoms with Gasteiger partial charge in [0.15, 0.2) is 6.10 Å². The second kappa shape index (κ2) is 52.6. The Labute approximate surface area is 407 Å². The number of carbonyl (C=O) groups is 2. The maximum atomic E-state index is 12.6. The predicted molar refractivity (Wildman–Crippen MR) is 280 cm³/mol. The van der Waals surface area contributed by atoms with E-state index in [1.807, 2.05) is 0 Å². The molecule has 0 radical (unpaired) electrons. The van der Waals surface area contributed by atoms with Crippen LogP contribution in [0.5, 0.6) is 0 Å². The zero-order valence-corrected chi connectivity index (χ0v) is 44.1. The van der Waals surface area contributed by atoms with E-state index in [1.165, 1.54) is 193 Å². The van der Waals surface area contributed by atoms with E-state index in [0.717, 1.165) is 51.4 Å². The number of rotatable bonds is 53. The number of phosphoric acid groups is 1. The smallest absolute Gasteiger partial charge is 0.462 e. The molecule has 0 heterocycles. The van der Waals surface area contributed by atoms with Crippen molar-refractivity contribution in [3.8, 4) is 0 Å². The Morgan fingerprint density at radius 2 is 0.788 bits per heavy atom. The Bertz CT molecular complexity index is 1180. The second-order valence-electron chi connectivity index (χ2n) is 18.8. The molecule has 0 aromatic heterocycles. The number of nitrogens with two attached hydrogens (primary N) is 1. The number of ether oxygens (including phenoxy) is 2. The first kappa shape index (κ1) is 64.2. The van der Waals surface area contributed by atoms with Crippen LogP contribution in [0.3, 0.4) is 0 Å². The van der Waals surface area contributed by atoms with Gasteiger partial charge in [-0.2, -0.15) is 0 Å². The minimum Gasteiger partial charge on any atom is -0.462 e. The lowest BCUT2D eigenvalue weighted by Crippen LogP contribution is -2.29. The largest absolute Gasteiger partial charge is 0.472 e. The average Bonchev–Trinajstić information content (AvgIpc) is 3.31. The van der Waals surface area contributed by atoms with Crippen LogP contribution in [-0.2, 0) is 32.7 Å². The van der Waals surface area contributed by atoms with Crippen molar-refractivity contribution < 1.29 is 37.6 Å².